The van der Waals surface area contributed by atoms with E-state index in [9.17, 15) is 4.39 Å². The van der Waals surface area contributed by atoms with Crippen molar-refractivity contribution in [2.45, 2.75) is 27.3 Å². The zero-order valence-electron chi connectivity index (χ0n) is 17.8. The van der Waals surface area contributed by atoms with Crippen LogP contribution in [0.3, 0.4) is 0 Å². The predicted molar refractivity (Wildman–Crippen MR) is 122 cm³/mol. The van der Waals surface area contributed by atoms with Gasteiger partial charge in [-0.2, -0.15) is 0 Å². The number of aryl methyl sites for hydroxylation is 1. The van der Waals surface area contributed by atoms with E-state index < -0.39 is 0 Å². The minimum atomic E-state index is -0.302. The lowest BCUT2D eigenvalue weighted by Crippen LogP contribution is -2.03. The van der Waals surface area contributed by atoms with Gasteiger partial charge in [0.2, 0.25) is 0 Å². The fraction of sp³-hybridized carbons (Fsp3) is 0.304. The lowest BCUT2D eigenvalue weighted by atomic mass is 10.0. The van der Waals surface area contributed by atoms with E-state index in [1.54, 1.807) is 19.2 Å². The Kier molecular flexibility index (Phi) is 10.3. The van der Waals surface area contributed by atoms with Crippen molar-refractivity contribution in [2.75, 3.05) is 20.5 Å². The first-order chi connectivity index (χ1) is 13.9. The summed E-state index contributed by atoms with van der Waals surface area (Å²) in [6, 6.07) is 9.99. The molecule has 4 nitrogen and oxygen atoms in total. The molecule has 29 heavy (non-hydrogen) atoms. The lowest BCUT2D eigenvalue weighted by Gasteiger charge is -2.12. The Labute approximate surface area is 177 Å². The van der Waals surface area contributed by atoms with E-state index in [0.29, 0.717) is 17.8 Å². The molecule has 0 amide bonds. The fourth-order valence-electron chi connectivity index (χ4n) is 2.76. The molecule has 0 aliphatic rings. The molecule has 156 valence electrons. The number of ether oxygens (including phenoxy) is 1. The van der Waals surface area contributed by atoms with E-state index in [2.05, 4.69) is 6.92 Å². The minimum absolute atomic E-state index is 0.302. The zero-order chi connectivity index (χ0) is 22.0. The van der Waals surface area contributed by atoms with Gasteiger partial charge in [-0.05, 0) is 91.3 Å². The first-order valence-corrected chi connectivity index (χ1v) is 10.3. The molecule has 0 aromatic heterocycles. The molecule has 2 rings (SSSR count). The van der Waals surface area contributed by atoms with Crippen LogP contribution in [0.4, 0.5) is 4.39 Å². The molecule has 0 atom stereocenters. The van der Waals surface area contributed by atoms with Gasteiger partial charge in [-0.25, -0.2) is 4.39 Å². The Morgan fingerprint density at radius 1 is 1.17 bits per heavy atom. The Balaban J connectivity index is 0.00000204. The van der Waals surface area contributed by atoms with Crippen molar-refractivity contribution >= 4 is 22.5 Å². The van der Waals surface area contributed by atoms with Crippen molar-refractivity contribution in [2.24, 2.45) is 4.99 Å². The van der Waals surface area contributed by atoms with Gasteiger partial charge in [-0.3, -0.25) is 10.4 Å². The molecule has 2 N–H and O–H groups in total. The van der Waals surface area contributed by atoms with Gasteiger partial charge in [0.25, 0.3) is 0 Å². The van der Waals surface area contributed by atoms with Crippen molar-refractivity contribution in [3.05, 3.63) is 76.1 Å². The summed E-state index contributed by atoms with van der Waals surface area (Å²) >= 11 is 1.54. The van der Waals surface area contributed by atoms with Gasteiger partial charge < -0.3 is 9.84 Å². The summed E-state index contributed by atoms with van der Waals surface area (Å²) in [4.78, 5) is 4.73. The maximum atomic E-state index is 13.1. The number of thioether (sulfide) groups is 1. The molecule has 0 heterocycles. The smallest absolute Gasteiger partial charge is 0.123 e. The number of rotatable bonds is 6. The quantitative estimate of drug-likeness (QED) is 0.494. The van der Waals surface area contributed by atoms with Crippen molar-refractivity contribution in [1.82, 2.24) is 0 Å². The number of aliphatic hydroxyl groups excluding tert-OH is 1. The number of allylic oxidation sites excluding steroid dienone is 1. The van der Waals surface area contributed by atoms with Crippen LogP contribution in [-0.4, -0.2) is 36.3 Å². The highest BCUT2D eigenvalue weighted by Gasteiger charge is 2.09. The monoisotopic (exact) mass is 416 g/mol. The molecular formula is C23H29FN2O2S. The number of hydrogen-bond acceptors (Lipinski definition) is 5. The third-order valence-corrected chi connectivity index (χ3v) is 5.14. The molecule has 0 fully saturated rings. The van der Waals surface area contributed by atoms with E-state index in [-0.39, 0.29) is 5.82 Å². The summed E-state index contributed by atoms with van der Waals surface area (Å²) in [7, 11) is 2.67. The maximum absolute atomic E-state index is 13.1. The number of halogens is 1. The Bertz CT molecular complexity index is 890. The van der Waals surface area contributed by atoms with Crippen LogP contribution in [0.5, 0.6) is 5.75 Å². The Hall–Kier alpha value is -2.44. The maximum Gasteiger partial charge on any atom is 0.123 e. The van der Waals surface area contributed by atoms with E-state index in [1.807, 2.05) is 38.3 Å². The van der Waals surface area contributed by atoms with Crippen LogP contribution >= 0.6 is 11.8 Å². The second-order valence-electron chi connectivity index (χ2n) is 6.26. The number of nitrogens with zero attached hydrogens (tertiary/aromatic N) is 1. The van der Waals surface area contributed by atoms with E-state index >= 15 is 0 Å². The third-order valence-electron chi connectivity index (χ3n) is 4.47. The number of methoxy groups -OCH3 is 1. The number of benzene rings is 2. The molecule has 2 aromatic rings. The normalized spacial score (nSPS) is 11.6. The molecule has 0 saturated carbocycles. The van der Waals surface area contributed by atoms with Crippen LogP contribution in [0.2, 0.25) is 0 Å². The number of aliphatic imine (C=N–C) groups is 1. The van der Waals surface area contributed by atoms with Crippen molar-refractivity contribution < 1.29 is 14.2 Å². The minimum Gasteiger partial charge on any atom is -0.496 e. The van der Waals surface area contributed by atoms with Crippen LogP contribution in [0.1, 0.15) is 29.2 Å². The highest BCUT2D eigenvalue weighted by atomic mass is 32.2. The third kappa shape index (κ3) is 6.84. The Morgan fingerprint density at radius 2 is 1.79 bits per heavy atom. The molecule has 0 spiro atoms. The molecule has 0 radical (unpaired) electrons. The number of nitrogens with one attached hydrogen (secondary N) is 1. The fourth-order valence-corrected chi connectivity index (χ4v) is 3.25. The topological polar surface area (TPSA) is 65.7 Å². The first kappa shape index (κ1) is 24.6. The van der Waals surface area contributed by atoms with Gasteiger partial charge in [0.1, 0.15) is 11.6 Å². The highest BCUT2D eigenvalue weighted by Crippen LogP contribution is 2.25. The summed E-state index contributed by atoms with van der Waals surface area (Å²) < 4.78 is 18.5. The molecular weight excluding hydrogens is 387 g/mol. The van der Waals surface area contributed by atoms with E-state index in [4.69, 9.17) is 20.2 Å². The molecule has 0 bridgehead atoms. The van der Waals surface area contributed by atoms with Crippen LogP contribution in [-0.2, 0) is 6.54 Å². The molecule has 0 unspecified atom stereocenters. The largest absolute Gasteiger partial charge is 0.496 e. The molecule has 6 heteroatoms. The van der Waals surface area contributed by atoms with E-state index in [0.717, 1.165) is 34.6 Å². The standard InChI is InChI=1S/C22H25FN2OS.CH4O/c1-14-6-11-20(26-4)16(3)19(14)13-25-21(27-5)12-15(2)22(24)17-7-9-18(23)10-8-17;1-2/h6-12,24H,13H2,1-5H3;2H,1H3/b15-12-,24-22?,25-21?;. The van der Waals surface area contributed by atoms with Crippen LogP contribution < -0.4 is 4.74 Å². The molecule has 0 aliphatic heterocycles. The molecule has 0 saturated heterocycles. The molecule has 2 aromatic carbocycles. The highest BCUT2D eigenvalue weighted by molar-refractivity contribution is 8.13. The second kappa shape index (κ2) is 12.2. The van der Waals surface area contributed by atoms with Gasteiger partial charge in [0, 0.05) is 7.11 Å². The van der Waals surface area contributed by atoms with Crippen molar-refractivity contribution in [3.8, 4) is 5.75 Å². The summed E-state index contributed by atoms with van der Waals surface area (Å²) in [5.74, 6) is 0.560. The van der Waals surface area contributed by atoms with Gasteiger partial charge >= 0.3 is 0 Å². The average molecular weight is 417 g/mol. The van der Waals surface area contributed by atoms with Crippen molar-refractivity contribution in [1.29, 1.82) is 5.41 Å². The van der Waals surface area contributed by atoms with Crippen LogP contribution in [0.25, 0.3) is 0 Å². The SMILES string of the molecule is CO.COc1ccc(C)c(CN=C(/C=C(/C)C(=N)c2ccc(F)cc2)SC)c1C. The average Bonchev–Trinajstić information content (AvgIpc) is 2.74. The number of aliphatic hydroxyl groups is 1. The van der Waals surface area contributed by atoms with Crippen LogP contribution in [0, 0.1) is 25.1 Å². The zero-order valence-corrected chi connectivity index (χ0v) is 18.7. The summed E-state index contributed by atoms with van der Waals surface area (Å²) in [5, 5.41) is 16.2. The van der Waals surface area contributed by atoms with E-state index in [1.165, 1.54) is 29.5 Å². The summed E-state index contributed by atoms with van der Waals surface area (Å²) in [6.07, 6.45) is 3.87. The van der Waals surface area contributed by atoms with Crippen molar-refractivity contribution in [3.63, 3.8) is 0 Å². The van der Waals surface area contributed by atoms with Crippen LogP contribution in [0.15, 0.2) is 53.0 Å². The lowest BCUT2D eigenvalue weighted by molar-refractivity contribution is 0.399. The second-order valence-corrected chi connectivity index (χ2v) is 7.08. The van der Waals surface area contributed by atoms with Gasteiger partial charge in [0.05, 0.1) is 24.4 Å². The van der Waals surface area contributed by atoms with Gasteiger partial charge in [0.15, 0.2) is 0 Å². The molecule has 0 aliphatic carbocycles. The Morgan fingerprint density at radius 3 is 2.34 bits per heavy atom. The number of hydrogen-bond donors (Lipinski definition) is 2. The first-order valence-electron chi connectivity index (χ1n) is 9.06. The summed E-state index contributed by atoms with van der Waals surface area (Å²) in [5.41, 5.74) is 5.27. The van der Waals surface area contributed by atoms with Gasteiger partial charge in [-0.15, -0.1) is 11.8 Å². The summed E-state index contributed by atoms with van der Waals surface area (Å²) in [6.45, 7) is 6.54. The predicted octanol–water partition coefficient (Wildman–Crippen LogP) is 5.34. The van der Waals surface area contributed by atoms with Gasteiger partial charge in [-0.1, -0.05) is 6.07 Å².